The molecule has 0 aliphatic heterocycles. The zero-order valence-electron chi connectivity index (χ0n) is 10.2. The highest BCUT2D eigenvalue weighted by Gasteiger charge is 2.13. The lowest BCUT2D eigenvalue weighted by molar-refractivity contribution is -0.130. The number of carbonyl (C=O) groups is 1. The predicted molar refractivity (Wildman–Crippen MR) is 68.6 cm³/mol. The number of halogens is 2. The molecule has 0 spiro atoms. The second-order valence-corrected chi connectivity index (χ2v) is 3.96. The van der Waals surface area contributed by atoms with Crippen molar-refractivity contribution in [1.82, 2.24) is 10.2 Å². The van der Waals surface area contributed by atoms with Crippen molar-refractivity contribution in [3.8, 4) is 0 Å². The van der Waals surface area contributed by atoms with Crippen molar-refractivity contribution in [2.24, 2.45) is 0 Å². The fourth-order valence-electron chi connectivity index (χ4n) is 1.35. The van der Waals surface area contributed by atoms with Gasteiger partial charge >= 0.3 is 0 Å². The van der Waals surface area contributed by atoms with E-state index in [-0.39, 0.29) is 30.2 Å². The molecule has 0 bridgehead atoms. The van der Waals surface area contributed by atoms with Crippen LogP contribution in [0.2, 0.25) is 0 Å². The molecule has 5 heteroatoms. The fraction of sp³-hybridized carbons (Fsp3) is 0.417. The number of hydrogen-bond donors (Lipinski definition) is 1. The van der Waals surface area contributed by atoms with Crippen LogP contribution in [0.5, 0.6) is 0 Å². The maximum Gasteiger partial charge on any atom is 0.238 e. The van der Waals surface area contributed by atoms with Gasteiger partial charge in [0.1, 0.15) is 5.82 Å². The highest BCUT2D eigenvalue weighted by Crippen LogP contribution is 2.02. The third-order valence-corrected chi connectivity index (χ3v) is 2.34. The second-order valence-electron chi connectivity index (χ2n) is 3.96. The number of likely N-dealkylation sites (N-methyl/N-ethyl adjacent to an activating group) is 1. The summed E-state index contributed by atoms with van der Waals surface area (Å²) in [6.07, 6.45) is 0. The molecule has 0 aromatic heterocycles. The molecule has 3 nitrogen and oxygen atoms in total. The van der Waals surface area contributed by atoms with Crippen LogP contribution in [0.1, 0.15) is 12.5 Å². The van der Waals surface area contributed by atoms with Crippen molar-refractivity contribution in [2.45, 2.75) is 19.5 Å². The molecule has 0 heterocycles. The van der Waals surface area contributed by atoms with Gasteiger partial charge < -0.3 is 10.2 Å². The maximum atomic E-state index is 12.6. The van der Waals surface area contributed by atoms with Gasteiger partial charge in [-0.2, -0.15) is 0 Å². The smallest absolute Gasteiger partial charge is 0.238 e. The summed E-state index contributed by atoms with van der Waals surface area (Å²) in [5.41, 5.74) is 0.958. The molecule has 96 valence electrons. The Hall–Kier alpha value is -1.13. The minimum Gasteiger partial charge on any atom is -0.347 e. The van der Waals surface area contributed by atoms with Crippen molar-refractivity contribution in [2.75, 3.05) is 14.1 Å². The van der Waals surface area contributed by atoms with Crippen LogP contribution in [0.15, 0.2) is 24.3 Å². The second kappa shape index (κ2) is 7.25. The zero-order valence-corrected chi connectivity index (χ0v) is 11.1. The van der Waals surface area contributed by atoms with Crippen LogP contribution in [0.4, 0.5) is 4.39 Å². The van der Waals surface area contributed by atoms with Crippen molar-refractivity contribution >= 4 is 18.3 Å². The number of rotatable bonds is 4. The monoisotopic (exact) mass is 260 g/mol. The van der Waals surface area contributed by atoms with E-state index >= 15 is 0 Å². The normalized spacial score (nSPS) is 11.5. The van der Waals surface area contributed by atoms with Crippen molar-refractivity contribution in [3.63, 3.8) is 0 Å². The third kappa shape index (κ3) is 5.15. The van der Waals surface area contributed by atoms with Gasteiger partial charge in [-0.25, -0.2) is 4.39 Å². The van der Waals surface area contributed by atoms with E-state index in [1.807, 2.05) is 6.92 Å². The fourth-order valence-corrected chi connectivity index (χ4v) is 1.35. The number of nitrogens with one attached hydrogen (secondary N) is 1. The SMILES string of the molecule is C[C@@H](NCc1ccc(F)cc1)C(=O)N(C)C.Cl. The average Bonchev–Trinajstić information content (AvgIpc) is 2.26. The molecule has 0 saturated carbocycles. The van der Waals surface area contributed by atoms with Crippen LogP contribution in [-0.2, 0) is 11.3 Å². The Bertz CT molecular complexity index is 354. The van der Waals surface area contributed by atoms with Gasteiger partial charge in [0, 0.05) is 20.6 Å². The molecule has 1 rings (SSSR count). The molecule has 1 atom stereocenters. The van der Waals surface area contributed by atoms with Gasteiger partial charge in [0.05, 0.1) is 6.04 Å². The lowest BCUT2D eigenvalue weighted by atomic mass is 10.2. The van der Waals surface area contributed by atoms with Crippen molar-refractivity contribution in [1.29, 1.82) is 0 Å². The summed E-state index contributed by atoms with van der Waals surface area (Å²) in [5, 5.41) is 3.09. The van der Waals surface area contributed by atoms with Gasteiger partial charge in [0.25, 0.3) is 0 Å². The molecule has 1 aromatic carbocycles. The first-order chi connectivity index (χ1) is 7.50. The molecule has 0 aliphatic carbocycles. The number of hydrogen-bond acceptors (Lipinski definition) is 2. The molecule has 1 N–H and O–H groups in total. The Kier molecular flexibility index (Phi) is 6.76. The number of benzene rings is 1. The molecule has 0 radical (unpaired) electrons. The first-order valence-corrected chi connectivity index (χ1v) is 5.19. The first kappa shape index (κ1) is 15.9. The minimum absolute atomic E-state index is 0. The van der Waals surface area contributed by atoms with Gasteiger partial charge in [-0.3, -0.25) is 4.79 Å². The summed E-state index contributed by atoms with van der Waals surface area (Å²) >= 11 is 0. The Balaban J connectivity index is 0.00000256. The molecule has 0 fully saturated rings. The third-order valence-electron chi connectivity index (χ3n) is 2.34. The van der Waals surface area contributed by atoms with E-state index in [2.05, 4.69) is 5.32 Å². The highest BCUT2D eigenvalue weighted by molar-refractivity contribution is 5.85. The van der Waals surface area contributed by atoms with E-state index in [4.69, 9.17) is 0 Å². The van der Waals surface area contributed by atoms with Crippen LogP contribution >= 0.6 is 12.4 Å². The number of nitrogens with zero attached hydrogens (tertiary/aromatic N) is 1. The van der Waals surface area contributed by atoms with Gasteiger partial charge in [-0.05, 0) is 24.6 Å². The van der Waals surface area contributed by atoms with Crippen molar-refractivity contribution < 1.29 is 9.18 Å². The molecular formula is C12H18ClFN2O. The summed E-state index contributed by atoms with van der Waals surface area (Å²) < 4.78 is 12.6. The lowest BCUT2D eigenvalue weighted by Gasteiger charge is -2.17. The topological polar surface area (TPSA) is 32.3 Å². The van der Waals surface area contributed by atoms with Gasteiger partial charge in [0.2, 0.25) is 5.91 Å². The largest absolute Gasteiger partial charge is 0.347 e. The summed E-state index contributed by atoms with van der Waals surface area (Å²) in [6.45, 7) is 2.37. The van der Waals surface area contributed by atoms with E-state index < -0.39 is 0 Å². The van der Waals surface area contributed by atoms with E-state index in [1.54, 1.807) is 31.1 Å². The van der Waals surface area contributed by atoms with E-state index in [9.17, 15) is 9.18 Å². The summed E-state index contributed by atoms with van der Waals surface area (Å²) in [6, 6.07) is 6.00. The Morgan fingerprint density at radius 1 is 1.35 bits per heavy atom. The molecule has 0 unspecified atom stereocenters. The minimum atomic E-state index is -0.249. The summed E-state index contributed by atoms with van der Waals surface area (Å²) in [7, 11) is 3.44. The standard InChI is InChI=1S/C12H17FN2O.ClH/c1-9(12(16)15(2)3)14-8-10-4-6-11(13)7-5-10;/h4-7,9,14H,8H2,1-3H3;1H/t9-;/m1./s1. The van der Waals surface area contributed by atoms with Gasteiger partial charge in [-0.15, -0.1) is 12.4 Å². The van der Waals surface area contributed by atoms with Crippen molar-refractivity contribution in [3.05, 3.63) is 35.6 Å². The molecule has 0 saturated heterocycles. The van der Waals surface area contributed by atoms with Crippen LogP contribution in [-0.4, -0.2) is 30.9 Å². The number of amides is 1. The molecule has 1 amide bonds. The quantitative estimate of drug-likeness (QED) is 0.896. The highest BCUT2D eigenvalue weighted by atomic mass is 35.5. The van der Waals surface area contributed by atoms with Gasteiger partial charge in [0.15, 0.2) is 0 Å². The molecule has 0 aliphatic rings. The Morgan fingerprint density at radius 3 is 2.35 bits per heavy atom. The summed E-state index contributed by atoms with van der Waals surface area (Å²) in [4.78, 5) is 13.1. The maximum absolute atomic E-state index is 12.6. The van der Waals surface area contributed by atoms with Crippen LogP contribution in [0, 0.1) is 5.82 Å². The Morgan fingerprint density at radius 2 is 1.88 bits per heavy atom. The van der Waals surface area contributed by atoms with Crippen LogP contribution in [0.25, 0.3) is 0 Å². The van der Waals surface area contributed by atoms with E-state index in [0.29, 0.717) is 6.54 Å². The van der Waals surface area contributed by atoms with Crippen LogP contribution in [0.3, 0.4) is 0 Å². The molecule has 17 heavy (non-hydrogen) atoms. The molecular weight excluding hydrogens is 243 g/mol. The zero-order chi connectivity index (χ0) is 12.1. The lowest BCUT2D eigenvalue weighted by Crippen LogP contribution is -2.41. The average molecular weight is 261 g/mol. The predicted octanol–water partition coefficient (Wildman–Crippen LogP) is 1.81. The van der Waals surface area contributed by atoms with E-state index in [1.165, 1.54) is 12.1 Å². The molecule has 1 aromatic rings. The van der Waals surface area contributed by atoms with E-state index in [0.717, 1.165) is 5.56 Å². The first-order valence-electron chi connectivity index (χ1n) is 5.19. The summed E-state index contributed by atoms with van der Waals surface area (Å²) in [5.74, 6) is -0.219. The number of carbonyl (C=O) groups excluding carboxylic acids is 1. The van der Waals surface area contributed by atoms with Crippen LogP contribution < -0.4 is 5.32 Å². The Labute approximate surface area is 107 Å². The van der Waals surface area contributed by atoms with Gasteiger partial charge in [-0.1, -0.05) is 12.1 Å².